The van der Waals surface area contributed by atoms with Crippen molar-refractivity contribution in [3.05, 3.63) is 5.01 Å². The number of amides is 1. The van der Waals surface area contributed by atoms with Gasteiger partial charge in [0.25, 0.3) is 5.91 Å². The van der Waals surface area contributed by atoms with Crippen LogP contribution in [0.2, 0.25) is 0 Å². The van der Waals surface area contributed by atoms with Crippen LogP contribution >= 0.6 is 11.3 Å². The van der Waals surface area contributed by atoms with Crippen LogP contribution in [0.3, 0.4) is 0 Å². The van der Waals surface area contributed by atoms with Crippen LogP contribution in [0.1, 0.15) is 17.8 Å². The lowest BCUT2D eigenvalue weighted by molar-refractivity contribution is -0.124. The average molecular weight is 270 g/mol. The number of carbonyl (C=O) groups excluding carboxylic acids is 1. The van der Waals surface area contributed by atoms with E-state index in [9.17, 15) is 4.79 Å². The molecule has 1 aromatic heterocycles. The Morgan fingerprint density at radius 3 is 3.06 bits per heavy atom. The third-order valence-electron chi connectivity index (χ3n) is 2.69. The van der Waals surface area contributed by atoms with Gasteiger partial charge in [-0.25, -0.2) is 0 Å². The number of hydrogen-bond acceptors (Lipinski definition) is 6. The highest BCUT2D eigenvalue weighted by Crippen LogP contribution is 2.18. The molecule has 1 aliphatic heterocycles. The smallest absolute Gasteiger partial charge is 0.255 e. The van der Waals surface area contributed by atoms with E-state index in [0.717, 1.165) is 30.8 Å². The van der Waals surface area contributed by atoms with Crippen LogP contribution in [-0.2, 0) is 16.0 Å². The summed E-state index contributed by atoms with van der Waals surface area (Å²) in [4.78, 5) is 13.9. The lowest BCUT2D eigenvalue weighted by atomic mass is 10.2. The normalized spacial score (nSPS) is 19.4. The number of nitrogens with zero attached hydrogens (tertiary/aromatic N) is 3. The Morgan fingerprint density at radius 2 is 2.39 bits per heavy atom. The van der Waals surface area contributed by atoms with E-state index in [1.807, 2.05) is 14.1 Å². The number of likely N-dealkylation sites (N-methyl/N-ethyl adjacent to an activating group) is 1. The number of aromatic nitrogens is 2. The number of rotatable bonds is 5. The zero-order valence-electron chi connectivity index (χ0n) is 10.7. The van der Waals surface area contributed by atoms with Gasteiger partial charge in [0.2, 0.25) is 5.13 Å². The van der Waals surface area contributed by atoms with Gasteiger partial charge in [-0.1, -0.05) is 11.3 Å². The molecule has 6 nitrogen and oxygen atoms in total. The van der Waals surface area contributed by atoms with Gasteiger partial charge in [-0.3, -0.25) is 10.1 Å². The maximum atomic E-state index is 11.8. The first kappa shape index (κ1) is 13.4. The molecule has 0 spiro atoms. The topological polar surface area (TPSA) is 67.4 Å². The van der Waals surface area contributed by atoms with Crippen molar-refractivity contribution in [3.63, 3.8) is 0 Å². The van der Waals surface area contributed by atoms with Gasteiger partial charge in [-0.15, -0.1) is 10.2 Å². The molecule has 1 aromatic rings. The molecule has 1 N–H and O–H groups in total. The summed E-state index contributed by atoms with van der Waals surface area (Å²) in [6.07, 6.45) is 2.26. The molecule has 0 radical (unpaired) electrons. The van der Waals surface area contributed by atoms with E-state index >= 15 is 0 Å². The van der Waals surface area contributed by atoms with Gasteiger partial charge in [0.15, 0.2) is 0 Å². The highest BCUT2D eigenvalue weighted by molar-refractivity contribution is 7.15. The standard InChI is InChI=1S/C11H18N4O2S/c1-15(2)6-5-9-13-14-11(18-9)12-10(16)8-4-3-7-17-8/h8H,3-7H2,1-2H3,(H,12,14,16). The minimum absolute atomic E-state index is 0.109. The van der Waals surface area contributed by atoms with Gasteiger partial charge >= 0.3 is 0 Å². The molecule has 1 saturated heterocycles. The molecule has 18 heavy (non-hydrogen) atoms. The summed E-state index contributed by atoms with van der Waals surface area (Å²) >= 11 is 1.43. The van der Waals surface area contributed by atoms with Crippen molar-refractivity contribution in [2.75, 3.05) is 32.6 Å². The van der Waals surface area contributed by atoms with E-state index in [-0.39, 0.29) is 12.0 Å². The predicted octanol–water partition coefficient (Wildman–Crippen LogP) is 0.760. The van der Waals surface area contributed by atoms with Crippen LogP contribution < -0.4 is 5.32 Å². The first-order valence-electron chi connectivity index (χ1n) is 6.05. The van der Waals surface area contributed by atoms with Gasteiger partial charge < -0.3 is 9.64 Å². The van der Waals surface area contributed by atoms with E-state index in [1.165, 1.54) is 11.3 Å². The van der Waals surface area contributed by atoms with Crippen molar-refractivity contribution in [2.24, 2.45) is 0 Å². The average Bonchev–Trinajstić information content (AvgIpc) is 2.97. The molecule has 0 aliphatic carbocycles. The molecule has 1 atom stereocenters. The van der Waals surface area contributed by atoms with Crippen molar-refractivity contribution in [1.82, 2.24) is 15.1 Å². The summed E-state index contributed by atoms with van der Waals surface area (Å²) in [5.74, 6) is -0.109. The molecule has 0 aromatic carbocycles. The molecule has 0 saturated carbocycles. The Hall–Kier alpha value is -1.05. The zero-order valence-corrected chi connectivity index (χ0v) is 11.5. The second-order valence-electron chi connectivity index (χ2n) is 4.55. The van der Waals surface area contributed by atoms with Crippen molar-refractivity contribution < 1.29 is 9.53 Å². The van der Waals surface area contributed by atoms with E-state index in [2.05, 4.69) is 20.4 Å². The lowest BCUT2D eigenvalue weighted by Gasteiger charge is -2.07. The molecule has 1 amide bonds. The largest absolute Gasteiger partial charge is 0.368 e. The Labute approximate surface area is 110 Å². The molecular weight excluding hydrogens is 252 g/mol. The summed E-state index contributed by atoms with van der Waals surface area (Å²) in [6.45, 7) is 1.59. The van der Waals surface area contributed by atoms with Gasteiger partial charge in [0.1, 0.15) is 11.1 Å². The van der Waals surface area contributed by atoms with Crippen molar-refractivity contribution in [2.45, 2.75) is 25.4 Å². The third-order valence-corrected chi connectivity index (χ3v) is 3.59. The first-order valence-corrected chi connectivity index (χ1v) is 6.86. The second kappa shape index (κ2) is 6.21. The van der Waals surface area contributed by atoms with Gasteiger partial charge in [0, 0.05) is 19.6 Å². The summed E-state index contributed by atoms with van der Waals surface area (Å²) < 4.78 is 5.31. The zero-order chi connectivity index (χ0) is 13.0. The highest BCUT2D eigenvalue weighted by atomic mass is 32.1. The highest BCUT2D eigenvalue weighted by Gasteiger charge is 2.24. The SMILES string of the molecule is CN(C)CCc1nnc(NC(=O)C2CCCO2)s1. The fourth-order valence-corrected chi connectivity index (χ4v) is 2.43. The molecule has 1 fully saturated rings. The lowest BCUT2D eigenvalue weighted by Crippen LogP contribution is -2.26. The first-order chi connectivity index (χ1) is 8.65. The van der Waals surface area contributed by atoms with Crippen molar-refractivity contribution in [1.29, 1.82) is 0 Å². The van der Waals surface area contributed by atoms with Crippen LogP contribution in [0, 0.1) is 0 Å². The van der Waals surface area contributed by atoms with Gasteiger partial charge in [-0.05, 0) is 26.9 Å². The monoisotopic (exact) mass is 270 g/mol. The van der Waals surface area contributed by atoms with Gasteiger partial charge in [-0.2, -0.15) is 0 Å². The minimum Gasteiger partial charge on any atom is -0.368 e. The molecule has 7 heteroatoms. The molecule has 1 unspecified atom stereocenters. The Morgan fingerprint density at radius 1 is 1.56 bits per heavy atom. The van der Waals surface area contributed by atoms with E-state index in [1.54, 1.807) is 0 Å². The van der Waals surface area contributed by atoms with Crippen LogP contribution in [0.4, 0.5) is 5.13 Å². The molecule has 2 rings (SSSR count). The third kappa shape index (κ3) is 3.72. The molecule has 1 aliphatic rings. The van der Waals surface area contributed by atoms with Crippen molar-refractivity contribution >= 4 is 22.4 Å². The van der Waals surface area contributed by atoms with Crippen LogP contribution in [0.15, 0.2) is 0 Å². The number of hydrogen-bond donors (Lipinski definition) is 1. The summed E-state index contributed by atoms with van der Waals surface area (Å²) in [6, 6.07) is 0. The van der Waals surface area contributed by atoms with Crippen molar-refractivity contribution in [3.8, 4) is 0 Å². The maximum absolute atomic E-state index is 11.8. The Kier molecular flexibility index (Phi) is 4.62. The van der Waals surface area contributed by atoms with E-state index in [4.69, 9.17) is 4.74 Å². The quantitative estimate of drug-likeness (QED) is 0.855. The molecule has 0 bridgehead atoms. The number of anilines is 1. The fraction of sp³-hybridized carbons (Fsp3) is 0.727. The Bertz CT molecular complexity index is 402. The van der Waals surface area contributed by atoms with E-state index < -0.39 is 0 Å². The Balaban J connectivity index is 1.84. The number of nitrogens with one attached hydrogen (secondary N) is 1. The second-order valence-corrected chi connectivity index (χ2v) is 5.61. The van der Waals surface area contributed by atoms with Crippen LogP contribution in [-0.4, -0.2) is 54.4 Å². The summed E-state index contributed by atoms with van der Waals surface area (Å²) in [7, 11) is 4.03. The van der Waals surface area contributed by atoms with Gasteiger partial charge in [0.05, 0.1) is 0 Å². The molecule has 2 heterocycles. The van der Waals surface area contributed by atoms with E-state index in [0.29, 0.717) is 11.7 Å². The number of ether oxygens (including phenoxy) is 1. The van der Waals surface area contributed by atoms with Crippen LogP contribution in [0.5, 0.6) is 0 Å². The summed E-state index contributed by atoms with van der Waals surface area (Å²) in [5.41, 5.74) is 0. The number of carbonyl (C=O) groups is 1. The van der Waals surface area contributed by atoms with Crippen LogP contribution in [0.25, 0.3) is 0 Å². The molecular formula is C11H18N4O2S. The summed E-state index contributed by atoms with van der Waals surface area (Å²) in [5, 5.41) is 12.3. The minimum atomic E-state index is -0.320. The predicted molar refractivity (Wildman–Crippen MR) is 69.8 cm³/mol. The molecule has 100 valence electrons. The fourth-order valence-electron chi connectivity index (χ4n) is 1.69. The maximum Gasteiger partial charge on any atom is 0.255 e.